The van der Waals surface area contributed by atoms with Gasteiger partial charge in [-0.15, -0.1) is 0 Å². The summed E-state index contributed by atoms with van der Waals surface area (Å²) in [5, 5.41) is 0. The van der Waals surface area contributed by atoms with Crippen molar-refractivity contribution in [2.75, 3.05) is 0 Å². The van der Waals surface area contributed by atoms with Gasteiger partial charge in [0.1, 0.15) is 0 Å². The fourth-order valence-corrected chi connectivity index (χ4v) is 10.8. The Balaban J connectivity index is -0.000000124. The van der Waals surface area contributed by atoms with Gasteiger partial charge < -0.3 is 0 Å². The Labute approximate surface area is 712 Å². The molecular weight excluding hydrogens is 1440 g/mol. The number of alkyl halides is 6. The van der Waals surface area contributed by atoms with Gasteiger partial charge in [0.25, 0.3) is 0 Å². The van der Waals surface area contributed by atoms with E-state index in [1.807, 2.05) is 211 Å². The van der Waals surface area contributed by atoms with Gasteiger partial charge in [0.15, 0.2) is 0 Å². The molecule has 12 aromatic carbocycles. The Hall–Kier alpha value is -9.78. The maximum Gasteiger partial charge on any atom is 0.411 e. The molecule has 0 saturated carbocycles. The second-order valence-corrected chi connectivity index (χ2v) is 21.6. The van der Waals surface area contributed by atoms with Crippen LogP contribution in [0.3, 0.4) is 0 Å². The van der Waals surface area contributed by atoms with E-state index in [0.29, 0.717) is 0 Å². The first-order chi connectivity index (χ1) is 53.2. The molecule has 646 valence electrons. The van der Waals surface area contributed by atoms with Gasteiger partial charge in [-0.25, -0.2) is 0 Å². The lowest BCUT2D eigenvalue weighted by Gasteiger charge is -2.38. The topological polar surface area (TPSA) is 0 Å². The fourth-order valence-electron chi connectivity index (χ4n) is 10.8. The molecule has 13 rings (SSSR count). The van der Waals surface area contributed by atoms with E-state index >= 15 is 0 Å². The average molecular weight is 1600 g/mol. The Morgan fingerprint density at radius 3 is 0.569 bits per heavy atom. The lowest BCUT2D eigenvalue weighted by atomic mass is 9.68. The van der Waals surface area contributed by atoms with E-state index in [2.05, 4.69) is 258 Å². The van der Waals surface area contributed by atoms with E-state index in [1.165, 1.54) is 74.2 Å². The minimum atomic E-state index is -5.52. The molecule has 0 saturated heterocycles. The van der Waals surface area contributed by atoms with Crippen LogP contribution in [0.15, 0.2) is 364 Å². The van der Waals surface area contributed by atoms with Gasteiger partial charge in [-0.2, -0.15) is 26.3 Å². The normalized spacial score (nSPS) is 9.47. The third kappa shape index (κ3) is 42.2. The van der Waals surface area contributed by atoms with Gasteiger partial charge in [-0.1, -0.05) is 589 Å². The quantitative estimate of drug-likeness (QED) is 0.133. The third-order valence-corrected chi connectivity index (χ3v) is 15.0. The zero-order valence-corrected chi connectivity index (χ0v) is 70.8. The minimum Gasteiger partial charge on any atom is -0.169 e. The minimum absolute atomic E-state index is 0. The largest absolute Gasteiger partial charge is 0.411 e. The summed E-state index contributed by atoms with van der Waals surface area (Å²) in [4.78, 5) is 0. The highest BCUT2D eigenvalue weighted by molar-refractivity contribution is 5.86. The number of benzene rings is 12. The highest BCUT2D eigenvalue weighted by Crippen LogP contribution is 2.57. The Bertz CT molecular complexity index is 3500. The van der Waals surface area contributed by atoms with Crippen molar-refractivity contribution in [2.24, 2.45) is 0 Å². The molecule has 0 N–H and O–H groups in total. The molecule has 12 aromatic rings. The van der Waals surface area contributed by atoms with E-state index < -0.39 is 28.9 Å². The van der Waals surface area contributed by atoms with E-state index in [9.17, 15) is 26.3 Å². The molecule has 0 radical (unpaired) electrons. The molecule has 0 fully saturated rings. The second-order valence-electron chi connectivity index (χ2n) is 21.6. The van der Waals surface area contributed by atoms with Gasteiger partial charge in [0, 0.05) is 5.41 Å². The summed E-state index contributed by atoms with van der Waals surface area (Å²) in [7, 11) is 0. The summed E-state index contributed by atoms with van der Waals surface area (Å²) in [6.45, 7) is 48.8. The molecule has 1 aliphatic rings. The summed E-state index contributed by atoms with van der Waals surface area (Å²) in [6.07, 6.45) is -8.76. The molecule has 1 aliphatic carbocycles. The summed E-state index contributed by atoms with van der Waals surface area (Å²) < 4.78 is 81.1. The molecule has 0 unspecified atom stereocenters. The summed E-state index contributed by atoms with van der Waals surface area (Å²) in [5.41, 5.74) is 7.60. The molecule has 0 bridgehead atoms. The van der Waals surface area contributed by atoms with Crippen LogP contribution >= 0.6 is 0 Å². The average Bonchev–Trinajstić information content (AvgIpc) is 1.38. The van der Waals surface area contributed by atoms with E-state index in [0.717, 1.165) is 55.0 Å². The van der Waals surface area contributed by atoms with Gasteiger partial charge >= 0.3 is 12.4 Å². The second kappa shape index (κ2) is 81.8. The van der Waals surface area contributed by atoms with Crippen LogP contribution in [-0.2, 0) is 22.7 Å². The number of hydrogen-bond donors (Lipinski definition) is 0. The van der Waals surface area contributed by atoms with Gasteiger partial charge in [-0.3, -0.25) is 0 Å². The SMILES string of the molecule is C.C.C.C.C.C.C.CC.CC.CC.CC.CC.CC.CC.CC.CC.CC.CC(C)(c1ccccc1)c1ccccc1.CCC.FC(F)(F)C(c1ccccc1)(c1ccccc1)C(F)(F)F.c1ccc(C2(c3ccccc3)c3ccccc3-c3ccccc32)cc1.c1ccc(Cc2ccccc2)cc1.c1ccccc1.c1ccccc1. The first-order valence-electron chi connectivity index (χ1n) is 39.9. The lowest BCUT2D eigenvalue weighted by molar-refractivity contribution is -0.288. The Kier molecular flexibility index (Phi) is 91.4. The monoisotopic (exact) mass is 1600 g/mol. The summed E-state index contributed by atoms with van der Waals surface area (Å²) >= 11 is 0. The lowest BCUT2D eigenvalue weighted by Crippen LogP contribution is -2.54. The highest BCUT2D eigenvalue weighted by atomic mass is 19.4. The van der Waals surface area contributed by atoms with Crippen molar-refractivity contribution >= 4 is 0 Å². The van der Waals surface area contributed by atoms with Crippen LogP contribution in [0, 0.1) is 0 Å². The molecule has 0 heterocycles. The fraction of sp³-hybridized carbons (Fsp3) is 0.345. The maximum absolute atomic E-state index is 13.5. The van der Waals surface area contributed by atoms with E-state index in [-0.39, 0.29) is 62.8 Å². The number of fused-ring (bicyclic) bond motifs is 3. The van der Waals surface area contributed by atoms with Crippen LogP contribution in [0.5, 0.6) is 0 Å². The molecule has 0 spiro atoms. The van der Waals surface area contributed by atoms with Crippen LogP contribution in [-0.4, -0.2) is 12.4 Å². The van der Waals surface area contributed by atoms with Crippen molar-refractivity contribution in [1.82, 2.24) is 0 Å². The van der Waals surface area contributed by atoms with Crippen LogP contribution in [0.4, 0.5) is 26.3 Å². The predicted molar refractivity (Wildman–Crippen MR) is 520 cm³/mol. The zero-order chi connectivity index (χ0) is 83.3. The molecule has 0 nitrogen and oxygen atoms in total. The number of rotatable bonds is 8. The van der Waals surface area contributed by atoms with Gasteiger partial charge in [0.05, 0.1) is 5.41 Å². The van der Waals surface area contributed by atoms with Crippen molar-refractivity contribution in [1.29, 1.82) is 0 Å². The Morgan fingerprint density at radius 1 is 0.216 bits per heavy atom. The number of halogens is 6. The van der Waals surface area contributed by atoms with Crippen LogP contribution in [0.2, 0.25) is 0 Å². The van der Waals surface area contributed by atoms with Crippen molar-refractivity contribution < 1.29 is 26.3 Å². The maximum atomic E-state index is 13.5. The zero-order valence-electron chi connectivity index (χ0n) is 70.8. The Morgan fingerprint density at radius 2 is 0.371 bits per heavy atom. The summed E-state index contributed by atoms with van der Waals surface area (Å²) in [5.74, 6) is 0. The van der Waals surface area contributed by atoms with E-state index in [1.54, 1.807) is 0 Å². The van der Waals surface area contributed by atoms with Crippen molar-refractivity contribution in [3.05, 3.63) is 420 Å². The molecule has 6 heteroatoms. The number of hydrogen-bond acceptors (Lipinski definition) is 0. The summed E-state index contributed by atoms with van der Waals surface area (Å²) in [6, 6.07) is 117. The molecule has 116 heavy (non-hydrogen) atoms. The van der Waals surface area contributed by atoms with Gasteiger partial charge in [0.2, 0.25) is 5.41 Å². The van der Waals surface area contributed by atoms with Crippen molar-refractivity contribution in [3.63, 3.8) is 0 Å². The highest BCUT2D eigenvalue weighted by Gasteiger charge is 2.72. The van der Waals surface area contributed by atoms with Crippen LogP contribution in [0.1, 0.15) is 280 Å². The van der Waals surface area contributed by atoms with Crippen molar-refractivity contribution in [3.8, 4) is 11.1 Å². The molecule has 0 amide bonds. The molecule has 0 atom stereocenters. The first kappa shape index (κ1) is 130. The molecular formula is C110H164F6. The predicted octanol–water partition coefficient (Wildman–Crippen LogP) is 37.9. The van der Waals surface area contributed by atoms with Crippen LogP contribution in [0.25, 0.3) is 11.1 Å². The molecule has 0 aliphatic heterocycles. The molecule has 0 aromatic heterocycles. The third-order valence-electron chi connectivity index (χ3n) is 15.0. The van der Waals surface area contributed by atoms with Crippen molar-refractivity contribution in [2.45, 2.75) is 260 Å². The first-order valence-corrected chi connectivity index (χ1v) is 39.9. The standard InChI is InChI=1S/C25H18.C15H10F6.C15H16.C13H12.2C6H6.C3H8.10C2H6.7CH4/c1-3-11-19(12-4-1)25(20-13-5-2-6-14-20)23-17-9-7-15-21(23)22-16-8-10-18-24(22)25;16-14(17,18)13(15(19,20)21,11-7-3-1-4-8-11)12-9-5-2-6-10-12;1-15(2,13-9-5-3-6-10-13)14-11-7-4-8-12-14;1-3-7-12(8-4-1)11-13-9-5-2-6-10-13;2*1-2-4-6-5-3-1;1-3-2;10*1-2;;;;;;;/h1-18H;1-10H;3-12H,1-2H3;1-10H,11H2;2*1-6H;3H2,1-2H3;10*1-2H3;7*1H4. The smallest absolute Gasteiger partial charge is 0.169 e. The van der Waals surface area contributed by atoms with E-state index in [4.69, 9.17) is 0 Å². The van der Waals surface area contributed by atoms with Crippen LogP contribution < -0.4 is 0 Å². The van der Waals surface area contributed by atoms with Gasteiger partial charge in [-0.05, 0) is 73.2 Å².